The number of carbonyl (C=O) groups is 1. The van der Waals surface area contributed by atoms with Crippen molar-refractivity contribution in [1.82, 2.24) is 0 Å². The van der Waals surface area contributed by atoms with Crippen LogP contribution in [0.2, 0.25) is 0 Å². The summed E-state index contributed by atoms with van der Waals surface area (Å²) in [5.74, 6) is -0.00241. The molecule has 0 bridgehead atoms. The monoisotopic (exact) mass is 232 g/mol. The SMILES string of the molecule is C=C/C=C1\C(=C)C(C)=C(C=C)C1=O.CC.CC. The average molecular weight is 232 g/mol. The Morgan fingerprint density at radius 3 is 1.82 bits per heavy atom. The minimum atomic E-state index is -0.00241. The lowest BCUT2D eigenvalue weighted by Gasteiger charge is -1.95. The van der Waals surface area contributed by atoms with Crippen LogP contribution >= 0.6 is 0 Å². The number of rotatable bonds is 2. The van der Waals surface area contributed by atoms with Crippen LogP contribution in [0.5, 0.6) is 0 Å². The van der Waals surface area contributed by atoms with Crippen LogP contribution in [0.3, 0.4) is 0 Å². The first kappa shape index (κ1) is 17.8. The first-order valence-electron chi connectivity index (χ1n) is 6.03. The van der Waals surface area contributed by atoms with Crippen molar-refractivity contribution in [3.8, 4) is 0 Å². The fourth-order valence-corrected chi connectivity index (χ4v) is 1.36. The summed E-state index contributed by atoms with van der Waals surface area (Å²) in [6.07, 6.45) is 4.86. The number of hydrogen-bond donors (Lipinski definition) is 0. The number of hydrogen-bond acceptors (Lipinski definition) is 1. The molecule has 0 heterocycles. The highest BCUT2D eigenvalue weighted by Gasteiger charge is 2.25. The topological polar surface area (TPSA) is 17.1 Å². The maximum atomic E-state index is 11.6. The van der Waals surface area contributed by atoms with Crippen LogP contribution in [0.15, 0.2) is 60.3 Å². The predicted molar refractivity (Wildman–Crippen MR) is 78.0 cm³/mol. The first-order chi connectivity index (χ1) is 8.13. The normalized spacial score (nSPS) is 15.9. The summed E-state index contributed by atoms with van der Waals surface area (Å²) in [6, 6.07) is 0. The van der Waals surface area contributed by atoms with Crippen LogP contribution in [0.25, 0.3) is 0 Å². The molecule has 0 atom stereocenters. The van der Waals surface area contributed by atoms with Crippen molar-refractivity contribution in [1.29, 1.82) is 0 Å². The molecule has 94 valence electrons. The van der Waals surface area contributed by atoms with E-state index in [0.717, 1.165) is 11.1 Å². The smallest absolute Gasteiger partial charge is 0.193 e. The van der Waals surface area contributed by atoms with Crippen molar-refractivity contribution < 1.29 is 4.79 Å². The second-order valence-corrected chi connectivity index (χ2v) is 2.87. The molecule has 0 amide bonds. The molecule has 1 aliphatic carbocycles. The van der Waals surface area contributed by atoms with Gasteiger partial charge in [0, 0.05) is 11.1 Å². The van der Waals surface area contributed by atoms with Gasteiger partial charge >= 0.3 is 0 Å². The molecule has 0 saturated carbocycles. The molecule has 0 aromatic carbocycles. The summed E-state index contributed by atoms with van der Waals surface area (Å²) in [5.41, 5.74) is 2.97. The summed E-state index contributed by atoms with van der Waals surface area (Å²) in [4.78, 5) is 11.6. The lowest BCUT2D eigenvalue weighted by Crippen LogP contribution is -1.97. The molecule has 1 aliphatic rings. The van der Waals surface area contributed by atoms with Crippen LogP contribution in [0, 0.1) is 0 Å². The van der Waals surface area contributed by atoms with Gasteiger partial charge in [0.15, 0.2) is 5.78 Å². The highest BCUT2D eigenvalue weighted by atomic mass is 16.1. The summed E-state index contributed by atoms with van der Waals surface area (Å²) >= 11 is 0. The molecule has 1 nitrogen and oxygen atoms in total. The predicted octanol–water partition coefficient (Wildman–Crippen LogP) is 4.79. The number of carbonyl (C=O) groups excluding carboxylic acids is 1. The third-order valence-corrected chi connectivity index (χ3v) is 2.16. The largest absolute Gasteiger partial charge is 0.289 e. The Balaban J connectivity index is 0. The highest BCUT2D eigenvalue weighted by Crippen LogP contribution is 2.32. The van der Waals surface area contributed by atoms with E-state index in [1.807, 2.05) is 34.6 Å². The second kappa shape index (κ2) is 9.59. The number of ketones is 1. The third kappa shape index (κ3) is 4.03. The molecule has 0 fully saturated rings. The molecule has 17 heavy (non-hydrogen) atoms. The zero-order chi connectivity index (χ0) is 14.0. The Morgan fingerprint density at radius 1 is 1.06 bits per heavy atom. The van der Waals surface area contributed by atoms with Crippen molar-refractivity contribution in [3.05, 3.63) is 60.3 Å². The molecule has 1 rings (SSSR count). The fraction of sp³-hybridized carbons (Fsp3) is 0.312. The molecule has 1 heteroatoms. The average Bonchev–Trinajstić information content (AvgIpc) is 2.59. The van der Waals surface area contributed by atoms with Crippen molar-refractivity contribution >= 4 is 5.78 Å². The molecule has 0 saturated heterocycles. The molecule has 0 aliphatic heterocycles. The van der Waals surface area contributed by atoms with Gasteiger partial charge in [0.25, 0.3) is 0 Å². The molecule has 0 unspecified atom stereocenters. The van der Waals surface area contributed by atoms with Gasteiger partial charge in [0.05, 0.1) is 0 Å². The van der Waals surface area contributed by atoms with Crippen LogP contribution in [0.4, 0.5) is 0 Å². The lowest BCUT2D eigenvalue weighted by molar-refractivity contribution is -0.111. The van der Waals surface area contributed by atoms with Crippen LogP contribution in [-0.2, 0) is 4.79 Å². The molecule has 0 aromatic heterocycles. The van der Waals surface area contributed by atoms with Crippen molar-refractivity contribution in [2.45, 2.75) is 34.6 Å². The minimum absolute atomic E-state index is 0.00241. The van der Waals surface area contributed by atoms with Gasteiger partial charge in [0.1, 0.15) is 0 Å². The fourth-order valence-electron chi connectivity index (χ4n) is 1.36. The zero-order valence-electron chi connectivity index (χ0n) is 11.8. The Hall–Kier alpha value is -1.63. The Bertz CT molecular complexity index is 365. The van der Waals surface area contributed by atoms with E-state index in [9.17, 15) is 4.79 Å². The first-order valence-corrected chi connectivity index (χ1v) is 6.03. The van der Waals surface area contributed by atoms with Gasteiger partial charge in [-0.3, -0.25) is 4.79 Å². The molecular formula is C16H24O. The quantitative estimate of drug-likeness (QED) is 0.625. The number of Topliss-reactive ketones (excluding diaryl/α,β-unsaturated/α-hetero) is 1. The Kier molecular flexibility index (Phi) is 10.0. The lowest BCUT2D eigenvalue weighted by atomic mass is 10.1. The molecule has 0 radical (unpaired) electrons. The van der Waals surface area contributed by atoms with Crippen LogP contribution in [-0.4, -0.2) is 5.78 Å². The van der Waals surface area contributed by atoms with E-state index in [0.29, 0.717) is 11.1 Å². The maximum absolute atomic E-state index is 11.6. The van der Waals surface area contributed by atoms with Crippen LogP contribution < -0.4 is 0 Å². The minimum Gasteiger partial charge on any atom is -0.289 e. The Labute approximate surface area is 106 Å². The molecule has 0 N–H and O–H groups in total. The molecular weight excluding hydrogens is 208 g/mol. The summed E-state index contributed by atoms with van der Waals surface area (Å²) in [7, 11) is 0. The van der Waals surface area contributed by atoms with Gasteiger partial charge in [0.2, 0.25) is 0 Å². The summed E-state index contributed by atoms with van der Waals surface area (Å²) < 4.78 is 0. The van der Waals surface area contributed by atoms with Crippen molar-refractivity contribution in [2.24, 2.45) is 0 Å². The van der Waals surface area contributed by atoms with E-state index in [2.05, 4.69) is 19.7 Å². The van der Waals surface area contributed by atoms with E-state index in [4.69, 9.17) is 0 Å². The highest BCUT2D eigenvalue weighted by molar-refractivity contribution is 6.18. The van der Waals surface area contributed by atoms with Crippen LogP contribution in [0.1, 0.15) is 34.6 Å². The van der Waals surface area contributed by atoms with E-state index in [1.54, 1.807) is 18.2 Å². The van der Waals surface area contributed by atoms with Gasteiger partial charge in [-0.15, -0.1) is 0 Å². The van der Waals surface area contributed by atoms with E-state index in [1.165, 1.54) is 0 Å². The van der Waals surface area contributed by atoms with E-state index < -0.39 is 0 Å². The van der Waals surface area contributed by atoms with E-state index in [-0.39, 0.29) is 5.78 Å². The van der Waals surface area contributed by atoms with Gasteiger partial charge in [-0.05, 0) is 18.1 Å². The van der Waals surface area contributed by atoms with Crippen molar-refractivity contribution in [3.63, 3.8) is 0 Å². The maximum Gasteiger partial charge on any atom is 0.193 e. The third-order valence-electron chi connectivity index (χ3n) is 2.16. The van der Waals surface area contributed by atoms with Gasteiger partial charge in [-0.25, -0.2) is 0 Å². The number of allylic oxidation sites excluding steroid dienone is 7. The van der Waals surface area contributed by atoms with Crippen molar-refractivity contribution in [2.75, 3.05) is 0 Å². The van der Waals surface area contributed by atoms with E-state index >= 15 is 0 Å². The zero-order valence-corrected chi connectivity index (χ0v) is 11.8. The summed E-state index contributed by atoms with van der Waals surface area (Å²) in [6.45, 7) is 20.9. The van der Waals surface area contributed by atoms with Gasteiger partial charge in [-0.2, -0.15) is 0 Å². The van der Waals surface area contributed by atoms with Gasteiger partial charge in [-0.1, -0.05) is 65.7 Å². The summed E-state index contributed by atoms with van der Waals surface area (Å²) in [5, 5.41) is 0. The van der Waals surface area contributed by atoms with Gasteiger partial charge < -0.3 is 0 Å². The molecule has 0 aromatic rings. The standard InChI is InChI=1S/C12H12O.2C2H6/c1-5-7-11-9(4)8(3)10(6-2)12(11)13;2*1-2/h5-7H,1-2,4H2,3H3;2*1-2H3/b11-7+;;. The second-order valence-electron chi connectivity index (χ2n) is 2.87. The Morgan fingerprint density at radius 2 is 1.53 bits per heavy atom. The molecule has 0 spiro atoms.